The average Bonchev–Trinajstić information content (AvgIpc) is 2.94. The standard InChI is InChI=1S/C30H32ClF4N3O4S/c1-3-4-16-36-29(40)27(17-21-8-6-5-7-9-21)37(19-22-10-13-24(32)14-11-22)28(39)20-38(43(2,41)42)26-18-23(30(33,34)35)12-15-25(26)31/h5-15,18,27H,3-4,16-17,19-20H2,1-2H3,(H,36,40)/t27-/m1/s1. The Morgan fingerprint density at radius 3 is 2.21 bits per heavy atom. The van der Waals surface area contributed by atoms with Crippen LogP contribution < -0.4 is 9.62 Å². The van der Waals surface area contributed by atoms with Crippen LogP contribution in [0.15, 0.2) is 72.8 Å². The zero-order chi connectivity index (χ0) is 31.8. The predicted octanol–water partition coefficient (Wildman–Crippen LogP) is 5.82. The average molecular weight is 642 g/mol. The number of anilines is 1. The van der Waals surface area contributed by atoms with Crippen LogP contribution in [0.3, 0.4) is 0 Å². The third-order valence-corrected chi connectivity index (χ3v) is 8.03. The van der Waals surface area contributed by atoms with Crippen LogP contribution in [0.4, 0.5) is 23.2 Å². The van der Waals surface area contributed by atoms with Crippen molar-refractivity contribution in [1.82, 2.24) is 10.2 Å². The van der Waals surface area contributed by atoms with E-state index in [0.717, 1.165) is 23.6 Å². The van der Waals surface area contributed by atoms with Gasteiger partial charge in [-0.2, -0.15) is 13.2 Å². The second-order valence-electron chi connectivity index (χ2n) is 9.93. The van der Waals surface area contributed by atoms with E-state index in [9.17, 15) is 35.6 Å². The van der Waals surface area contributed by atoms with Gasteiger partial charge in [0.2, 0.25) is 21.8 Å². The van der Waals surface area contributed by atoms with Crippen LogP contribution in [0.2, 0.25) is 5.02 Å². The summed E-state index contributed by atoms with van der Waals surface area (Å²) in [6.07, 6.45) is -2.55. The summed E-state index contributed by atoms with van der Waals surface area (Å²) in [5, 5.41) is 2.49. The first-order chi connectivity index (χ1) is 20.2. The summed E-state index contributed by atoms with van der Waals surface area (Å²) in [4.78, 5) is 28.7. The molecule has 0 bridgehead atoms. The highest BCUT2D eigenvalue weighted by atomic mass is 35.5. The van der Waals surface area contributed by atoms with Gasteiger partial charge in [-0.1, -0.05) is 67.4 Å². The first kappa shape index (κ1) is 33.9. The van der Waals surface area contributed by atoms with Gasteiger partial charge in [0.25, 0.3) is 0 Å². The van der Waals surface area contributed by atoms with Crippen molar-refractivity contribution in [1.29, 1.82) is 0 Å². The van der Waals surface area contributed by atoms with E-state index < -0.39 is 57.7 Å². The van der Waals surface area contributed by atoms with E-state index in [-0.39, 0.29) is 18.0 Å². The maximum atomic E-state index is 14.0. The molecule has 0 saturated heterocycles. The molecule has 7 nitrogen and oxygen atoms in total. The fraction of sp³-hybridized carbons (Fsp3) is 0.333. The molecule has 1 N–H and O–H groups in total. The number of amides is 2. The third-order valence-electron chi connectivity index (χ3n) is 6.59. The van der Waals surface area contributed by atoms with Gasteiger partial charge < -0.3 is 10.2 Å². The van der Waals surface area contributed by atoms with E-state index >= 15 is 0 Å². The Kier molecular flexibility index (Phi) is 11.6. The molecule has 0 aromatic heterocycles. The van der Waals surface area contributed by atoms with Crippen molar-refractivity contribution in [3.8, 4) is 0 Å². The van der Waals surface area contributed by atoms with Gasteiger partial charge in [-0.15, -0.1) is 0 Å². The smallest absolute Gasteiger partial charge is 0.354 e. The minimum Gasteiger partial charge on any atom is -0.354 e. The molecule has 3 rings (SSSR count). The van der Waals surface area contributed by atoms with Gasteiger partial charge in [-0.25, -0.2) is 12.8 Å². The molecule has 0 saturated carbocycles. The normalized spacial score (nSPS) is 12.4. The van der Waals surface area contributed by atoms with Crippen LogP contribution in [0, 0.1) is 5.82 Å². The number of sulfonamides is 1. The minimum absolute atomic E-state index is 0.0505. The SMILES string of the molecule is CCCCNC(=O)[C@@H](Cc1ccccc1)N(Cc1ccc(F)cc1)C(=O)CN(c1cc(C(F)(F)F)ccc1Cl)S(C)(=O)=O. The zero-order valence-electron chi connectivity index (χ0n) is 23.6. The summed E-state index contributed by atoms with van der Waals surface area (Å²) >= 11 is 6.15. The van der Waals surface area contributed by atoms with Crippen LogP contribution >= 0.6 is 11.6 Å². The Balaban J connectivity index is 2.09. The van der Waals surface area contributed by atoms with Gasteiger partial charge >= 0.3 is 6.18 Å². The van der Waals surface area contributed by atoms with Crippen molar-refractivity contribution in [3.63, 3.8) is 0 Å². The molecule has 0 radical (unpaired) electrons. The number of halogens is 5. The molecule has 232 valence electrons. The van der Waals surface area contributed by atoms with Crippen molar-refractivity contribution < 1.29 is 35.6 Å². The second kappa shape index (κ2) is 14.7. The summed E-state index contributed by atoms with van der Waals surface area (Å²) in [7, 11) is -4.35. The largest absolute Gasteiger partial charge is 0.416 e. The van der Waals surface area contributed by atoms with E-state index in [1.807, 2.05) is 6.92 Å². The molecule has 2 amide bonds. The molecule has 1 atom stereocenters. The molecule has 0 unspecified atom stereocenters. The van der Waals surface area contributed by atoms with Crippen molar-refractivity contribution in [2.75, 3.05) is 23.7 Å². The molecule has 0 aliphatic carbocycles. The minimum atomic E-state index is -4.81. The van der Waals surface area contributed by atoms with E-state index in [0.29, 0.717) is 40.5 Å². The molecule has 0 spiro atoms. The summed E-state index contributed by atoms with van der Waals surface area (Å²) in [5.74, 6) is -1.91. The van der Waals surface area contributed by atoms with Crippen LogP contribution in [-0.4, -0.2) is 50.5 Å². The molecular formula is C30H32ClF4N3O4S. The number of carbonyl (C=O) groups excluding carboxylic acids is 2. The first-order valence-corrected chi connectivity index (χ1v) is 15.6. The number of rotatable bonds is 13. The molecule has 0 aliphatic heterocycles. The molecule has 43 heavy (non-hydrogen) atoms. The quantitative estimate of drug-likeness (QED) is 0.188. The van der Waals surface area contributed by atoms with E-state index in [1.54, 1.807) is 30.3 Å². The Hall–Kier alpha value is -3.64. The third kappa shape index (κ3) is 9.69. The van der Waals surface area contributed by atoms with Gasteiger partial charge in [0.15, 0.2) is 0 Å². The highest BCUT2D eigenvalue weighted by molar-refractivity contribution is 7.92. The van der Waals surface area contributed by atoms with Gasteiger partial charge in [0.1, 0.15) is 18.4 Å². The summed E-state index contributed by atoms with van der Waals surface area (Å²) in [6.45, 7) is 1.10. The summed E-state index contributed by atoms with van der Waals surface area (Å²) in [6, 6.07) is 15.0. The maximum Gasteiger partial charge on any atom is 0.416 e. The number of alkyl halides is 3. The fourth-order valence-corrected chi connectivity index (χ4v) is 5.44. The molecule has 13 heteroatoms. The molecular weight excluding hydrogens is 610 g/mol. The van der Waals surface area contributed by atoms with Crippen molar-refractivity contribution in [3.05, 3.63) is 100 Å². The lowest BCUT2D eigenvalue weighted by atomic mass is 10.0. The van der Waals surface area contributed by atoms with Crippen molar-refractivity contribution in [2.24, 2.45) is 0 Å². The Morgan fingerprint density at radius 2 is 1.63 bits per heavy atom. The lowest BCUT2D eigenvalue weighted by Crippen LogP contribution is -2.53. The van der Waals surface area contributed by atoms with E-state index in [1.165, 1.54) is 24.3 Å². The van der Waals surface area contributed by atoms with Crippen LogP contribution in [0.5, 0.6) is 0 Å². The molecule has 0 heterocycles. The Morgan fingerprint density at radius 1 is 0.977 bits per heavy atom. The topological polar surface area (TPSA) is 86.8 Å². The fourth-order valence-electron chi connectivity index (χ4n) is 4.32. The number of unbranched alkanes of at least 4 members (excludes halogenated alkanes) is 1. The van der Waals surface area contributed by atoms with Crippen molar-refractivity contribution >= 4 is 39.1 Å². The number of hydrogen-bond donors (Lipinski definition) is 1. The van der Waals surface area contributed by atoms with Crippen LogP contribution in [0.25, 0.3) is 0 Å². The number of nitrogens with zero attached hydrogens (tertiary/aromatic N) is 2. The number of hydrogen-bond acceptors (Lipinski definition) is 4. The maximum absolute atomic E-state index is 14.0. The Labute approximate surface area is 253 Å². The highest BCUT2D eigenvalue weighted by Gasteiger charge is 2.35. The van der Waals surface area contributed by atoms with E-state index in [4.69, 9.17) is 11.6 Å². The summed E-state index contributed by atoms with van der Waals surface area (Å²) in [5.41, 5.74) is -0.553. The molecule has 3 aromatic rings. The number of benzene rings is 3. The van der Waals surface area contributed by atoms with Gasteiger partial charge in [-0.3, -0.25) is 13.9 Å². The van der Waals surface area contributed by atoms with Gasteiger partial charge in [0.05, 0.1) is 22.5 Å². The number of nitrogens with one attached hydrogen (secondary N) is 1. The molecule has 0 fully saturated rings. The number of carbonyl (C=O) groups is 2. The second-order valence-corrected chi connectivity index (χ2v) is 12.2. The van der Waals surface area contributed by atoms with Crippen LogP contribution in [-0.2, 0) is 38.8 Å². The van der Waals surface area contributed by atoms with Gasteiger partial charge in [0, 0.05) is 19.5 Å². The van der Waals surface area contributed by atoms with E-state index in [2.05, 4.69) is 5.32 Å². The summed E-state index contributed by atoms with van der Waals surface area (Å²) < 4.78 is 80.4. The monoisotopic (exact) mass is 641 g/mol. The zero-order valence-corrected chi connectivity index (χ0v) is 25.1. The molecule has 3 aromatic carbocycles. The predicted molar refractivity (Wildman–Crippen MR) is 157 cm³/mol. The van der Waals surface area contributed by atoms with Crippen molar-refractivity contribution in [2.45, 2.75) is 44.9 Å². The van der Waals surface area contributed by atoms with Crippen LogP contribution in [0.1, 0.15) is 36.5 Å². The Bertz CT molecular complexity index is 1500. The molecule has 0 aliphatic rings. The lowest BCUT2D eigenvalue weighted by molar-refractivity contribution is -0.140. The lowest BCUT2D eigenvalue weighted by Gasteiger charge is -2.33. The first-order valence-electron chi connectivity index (χ1n) is 13.4. The van der Waals surface area contributed by atoms with Gasteiger partial charge in [-0.05, 0) is 47.9 Å². The highest BCUT2D eigenvalue weighted by Crippen LogP contribution is 2.36.